The van der Waals surface area contributed by atoms with Crippen LogP contribution >= 0.6 is 0 Å². The number of nitrogens with two attached hydrogens (primary N) is 1. The predicted octanol–water partition coefficient (Wildman–Crippen LogP) is 1.75. The summed E-state index contributed by atoms with van der Waals surface area (Å²) in [6, 6.07) is 0. The van der Waals surface area contributed by atoms with E-state index in [9.17, 15) is 4.79 Å². The Labute approximate surface area is 97.6 Å². The van der Waals surface area contributed by atoms with E-state index in [0.29, 0.717) is 12.2 Å². The molecule has 0 aliphatic rings. The highest BCUT2D eigenvalue weighted by Crippen LogP contribution is 2.13. The predicted molar refractivity (Wildman–Crippen MR) is 66.3 cm³/mol. The molecule has 4 heteroatoms. The van der Waals surface area contributed by atoms with Crippen molar-refractivity contribution in [2.75, 3.05) is 13.7 Å². The van der Waals surface area contributed by atoms with Gasteiger partial charge in [0.2, 0.25) is 0 Å². The zero-order valence-electron chi connectivity index (χ0n) is 10.8. The van der Waals surface area contributed by atoms with Gasteiger partial charge in [-0.25, -0.2) is 0 Å². The minimum absolute atomic E-state index is 0.188. The van der Waals surface area contributed by atoms with Crippen molar-refractivity contribution in [1.29, 1.82) is 0 Å². The molecule has 0 saturated carbocycles. The van der Waals surface area contributed by atoms with E-state index in [1.807, 2.05) is 20.8 Å². The van der Waals surface area contributed by atoms with E-state index in [2.05, 4.69) is 4.99 Å². The third-order valence-electron chi connectivity index (χ3n) is 2.28. The van der Waals surface area contributed by atoms with Gasteiger partial charge in [0, 0.05) is 11.4 Å². The van der Waals surface area contributed by atoms with Crippen molar-refractivity contribution in [3.05, 3.63) is 11.8 Å². The summed E-state index contributed by atoms with van der Waals surface area (Å²) in [5.74, 6) is -0.182. The first-order valence-electron chi connectivity index (χ1n) is 5.41. The van der Waals surface area contributed by atoms with Crippen molar-refractivity contribution < 1.29 is 9.53 Å². The molecule has 0 aliphatic heterocycles. The van der Waals surface area contributed by atoms with Crippen LogP contribution in [0, 0.1) is 11.8 Å². The zero-order chi connectivity index (χ0) is 12.7. The maximum Gasteiger partial charge on any atom is 0.310 e. The van der Waals surface area contributed by atoms with Gasteiger partial charge in [-0.3, -0.25) is 9.79 Å². The third-order valence-corrected chi connectivity index (χ3v) is 2.28. The smallest absolute Gasteiger partial charge is 0.310 e. The first kappa shape index (κ1) is 14.7. The van der Waals surface area contributed by atoms with Crippen LogP contribution in [0.1, 0.15) is 27.7 Å². The number of esters is 1. The van der Waals surface area contributed by atoms with Crippen molar-refractivity contribution in [3.8, 4) is 0 Å². The van der Waals surface area contributed by atoms with Crippen LogP contribution in [0.4, 0.5) is 0 Å². The number of aliphatic imine (C=N–C) groups is 1. The van der Waals surface area contributed by atoms with E-state index >= 15 is 0 Å². The number of ether oxygens (including phenoxy) is 1. The maximum atomic E-state index is 11.5. The SMILES string of the molecule is COC(=O)C(CN=C(C)C=C(C)N)C(C)C. The van der Waals surface area contributed by atoms with Crippen LogP contribution in [0.5, 0.6) is 0 Å². The highest BCUT2D eigenvalue weighted by Gasteiger charge is 2.22. The standard InChI is InChI=1S/C12H22N2O2/c1-8(2)11(12(15)16-5)7-14-10(4)6-9(3)13/h6,8,11H,7,13H2,1-5H3. The minimum Gasteiger partial charge on any atom is -0.469 e. The molecular formula is C12H22N2O2. The number of allylic oxidation sites excluding steroid dienone is 2. The summed E-state index contributed by atoms with van der Waals surface area (Å²) in [7, 11) is 1.40. The molecule has 0 amide bonds. The van der Waals surface area contributed by atoms with E-state index in [1.165, 1.54) is 7.11 Å². The van der Waals surface area contributed by atoms with Crippen LogP contribution in [-0.4, -0.2) is 25.3 Å². The molecule has 1 unspecified atom stereocenters. The molecule has 0 aromatic rings. The van der Waals surface area contributed by atoms with Crippen LogP contribution in [0.25, 0.3) is 0 Å². The molecule has 0 heterocycles. The third kappa shape index (κ3) is 5.53. The quantitative estimate of drug-likeness (QED) is 0.574. The molecule has 2 N–H and O–H groups in total. The minimum atomic E-state index is -0.208. The summed E-state index contributed by atoms with van der Waals surface area (Å²) in [6.45, 7) is 8.08. The fourth-order valence-electron chi connectivity index (χ4n) is 1.33. The summed E-state index contributed by atoms with van der Waals surface area (Å²) in [4.78, 5) is 15.8. The Balaban J connectivity index is 4.54. The fourth-order valence-corrected chi connectivity index (χ4v) is 1.33. The maximum absolute atomic E-state index is 11.5. The van der Waals surface area contributed by atoms with Crippen LogP contribution in [0.3, 0.4) is 0 Å². The summed E-state index contributed by atoms with van der Waals surface area (Å²) in [6.07, 6.45) is 1.79. The monoisotopic (exact) mass is 226 g/mol. The highest BCUT2D eigenvalue weighted by atomic mass is 16.5. The van der Waals surface area contributed by atoms with Gasteiger partial charge >= 0.3 is 5.97 Å². The van der Waals surface area contributed by atoms with Gasteiger partial charge in [0.1, 0.15) is 0 Å². The average Bonchev–Trinajstić information content (AvgIpc) is 2.15. The Kier molecular flexibility index (Phi) is 6.46. The molecule has 0 aliphatic carbocycles. The second kappa shape index (κ2) is 7.04. The lowest BCUT2D eigenvalue weighted by molar-refractivity contribution is -0.146. The first-order chi connectivity index (χ1) is 7.38. The first-order valence-corrected chi connectivity index (χ1v) is 5.41. The second-order valence-corrected chi connectivity index (χ2v) is 4.24. The zero-order valence-corrected chi connectivity index (χ0v) is 10.8. The molecule has 0 aromatic carbocycles. The van der Waals surface area contributed by atoms with Crippen molar-refractivity contribution >= 4 is 11.7 Å². The van der Waals surface area contributed by atoms with Crippen LogP contribution in [0.15, 0.2) is 16.8 Å². The Morgan fingerprint density at radius 2 is 2.00 bits per heavy atom. The molecule has 0 fully saturated rings. The molecule has 0 saturated heterocycles. The van der Waals surface area contributed by atoms with Gasteiger partial charge in [0.05, 0.1) is 19.6 Å². The van der Waals surface area contributed by atoms with Crippen molar-refractivity contribution in [3.63, 3.8) is 0 Å². The normalized spacial score (nSPS) is 15.1. The lowest BCUT2D eigenvalue weighted by Gasteiger charge is -2.15. The van der Waals surface area contributed by atoms with Gasteiger partial charge in [-0.05, 0) is 25.8 Å². The van der Waals surface area contributed by atoms with E-state index in [1.54, 1.807) is 13.0 Å². The molecule has 0 spiro atoms. The fraction of sp³-hybridized carbons (Fsp3) is 0.667. The number of carbonyl (C=O) groups excluding carboxylic acids is 1. The lowest BCUT2D eigenvalue weighted by Crippen LogP contribution is -2.24. The van der Waals surface area contributed by atoms with E-state index in [-0.39, 0.29) is 17.8 Å². The van der Waals surface area contributed by atoms with Crippen LogP contribution in [0.2, 0.25) is 0 Å². The molecule has 4 nitrogen and oxygen atoms in total. The molecular weight excluding hydrogens is 204 g/mol. The molecule has 92 valence electrons. The number of carbonyl (C=O) groups is 1. The second-order valence-electron chi connectivity index (χ2n) is 4.24. The molecule has 1 atom stereocenters. The number of nitrogens with zero attached hydrogens (tertiary/aromatic N) is 1. The van der Waals surface area contributed by atoms with Gasteiger partial charge in [0.15, 0.2) is 0 Å². The van der Waals surface area contributed by atoms with Crippen molar-refractivity contribution in [2.45, 2.75) is 27.7 Å². The number of hydrogen-bond donors (Lipinski definition) is 1. The van der Waals surface area contributed by atoms with Gasteiger partial charge in [-0.1, -0.05) is 13.8 Å². The van der Waals surface area contributed by atoms with Crippen LogP contribution < -0.4 is 5.73 Å². The number of methoxy groups -OCH3 is 1. The Bertz CT molecular complexity index is 289. The molecule has 0 aromatic heterocycles. The number of rotatable bonds is 5. The topological polar surface area (TPSA) is 64.7 Å². The molecule has 16 heavy (non-hydrogen) atoms. The van der Waals surface area contributed by atoms with Crippen LogP contribution in [-0.2, 0) is 9.53 Å². The summed E-state index contributed by atoms with van der Waals surface area (Å²) in [5, 5.41) is 0. The average molecular weight is 226 g/mol. The van der Waals surface area contributed by atoms with Crippen molar-refractivity contribution in [1.82, 2.24) is 0 Å². The Morgan fingerprint density at radius 3 is 2.38 bits per heavy atom. The van der Waals surface area contributed by atoms with E-state index in [4.69, 9.17) is 10.5 Å². The summed E-state index contributed by atoms with van der Waals surface area (Å²) >= 11 is 0. The van der Waals surface area contributed by atoms with Gasteiger partial charge < -0.3 is 10.5 Å². The van der Waals surface area contributed by atoms with Crippen molar-refractivity contribution in [2.24, 2.45) is 22.6 Å². The van der Waals surface area contributed by atoms with Gasteiger partial charge in [-0.2, -0.15) is 0 Å². The highest BCUT2D eigenvalue weighted by molar-refractivity contribution is 5.93. The molecule has 0 bridgehead atoms. The van der Waals surface area contributed by atoms with E-state index < -0.39 is 0 Å². The molecule has 0 rings (SSSR count). The van der Waals surface area contributed by atoms with Gasteiger partial charge in [-0.15, -0.1) is 0 Å². The Morgan fingerprint density at radius 1 is 1.44 bits per heavy atom. The number of hydrogen-bond acceptors (Lipinski definition) is 4. The lowest BCUT2D eigenvalue weighted by atomic mass is 9.96. The summed E-state index contributed by atoms with van der Waals surface area (Å²) < 4.78 is 4.74. The molecule has 0 radical (unpaired) electrons. The van der Waals surface area contributed by atoms with Gasteiger partial charge in [0.25, 0.3) is 0 Å². The van der Waals surface area contributed by atoms with E-state index in [0.717, 1.165) is 5.71 Å². The summed E-state index contributed by atoms with van der Waals surface area (Å²) in [5.41, 5.74) is 7.07. The Hall–Kier alpha value is -1.32. The largest absolute Gasteiger partial charge is 0.469 e.